The van der Waals surface area contributed by atoms with Gasteiger partial charge in [-0.15, -0.1) is 0 Å². The second-order valence-corrected chi connectivity index (χ2v) is 6.25. The van der Waals surface area contributed by atoms with E-state index in [2.05, 4.69) is 0 Å². The fourth-order valence-electron chi connectivity index (χ4n) is 3.39. The zero-order chi connectivity index (χ0) is 18.5. The number of carboxylic acid groups (broad SMARTS) is 1. The zero-order valence-electron chi connectivity index (χ0n) is 14.0. The summed E-state index contributed by atoms with van der Waals surface area (Å²) in [6, 6.07) is 19.9. The van der Waals surface area contributed by atoms with E-state index in [1.807, 2.05) is 52.9 Å². The number of rotatable bonds is 2. The monoisotopic (exact) mass is 355 g/mol. The molecule has 5 rings (SSSR count). The van der Waals surface area contributed by atoms with Gasteiger partial charge in [0.2, 0.25) is 0 Å². The molecular weight excluding hydrogens is 342 g/mol. The highest BCUT2D eigenvalue weighted by atomic mass is 16.4. The van der Waals surface area contributed by atoms with Crippen LogP contribution in [0, 0.1) is 0 Å². The van der Waals surface area contributed by atoms with Crippen molar-refractivity contribution in [3.05, 3.63) is 72.3 Å². The lowest BCUT2D eigenvalue weighted by molar-refractivity contribution is 0.0694. The summed E-state index contributed by atoms with van der Waals surface area (Å²) in [5, 5.41) is 20.1. The number of hydrogen-bond acceptors (Lipinski definition) is 4. The molecule has 6 heteroatoms. The average molecular weight is 355 g/mol. The highest BCUT2D eigenvalue weighted by Gasteiger charge is 2.17. The largest absolute Gasteiger partial charge is 0.507 e. The van der Waals surface area contributed by atoms with E-state index in [9.17, 15) is 15.0 Å². The maximum atomic E-state index is 11.4. The first kappa shape index (κ1) is 15.3. The van der Waals surface area contributed by atoms with Gasteiger partial charge in [-0.3, -0.25) is 4.40 Å². The van der Waals surface area contributed by atoms with Crippen LogP contribution in [-0.2, 0) is 0 Å². The molecule has 0 saturated heterocycles. The second-order valence-electron chi connectivity index (χ2n) is 6.25. The lowest BCUT2D eigenvalue weighted by atomic mass is 10.1. The van der Waals surface area contributed by atoms with Crippen LogP contribution in [0.4, 0.5) is 0 Å². The van der Waals surface area contributed by atoms with Crippen LogP contribution in [0.5, 0.6) is 5.75 Å². The first-order valence-electron chi connectivity index (χ1n) is 8.36. The zero-order valence-corrected chi connectivity index (χ0v) is 14.0. The number of phenols is 1. The van der Waals surface area contributed by atoms with Crippen LogP contribution in [0.25, 0.3) is 39.0 Å². The molecule has 27 heavy (non-hydrogen) atoms. The number of para-hydroxylation sites is 3. The first-order chi connectivity index (χ1) is 13.1. The third-order valence-electron chi connectivity index (χ3n) is 4.63. The van der Waals surface area contributed by atoms with Crippen LogP contribution in [0.15, 0.2) is 66.7 Å². The standard InChI is InChI=1S/C21H13N3O3/c25-18-10-9-12(11-14(18)21(26)27)19-22-15-6-2-1-5-13(15)20-23-16-7-3-4-8-17(16)24(19)20/h1-11,25H,(H,26,27). The number of carboxylic acids is 1. The second kappa shape index (κ2) is 5.54. The average Bonchev–Trinajstić information content (AvgIpc) is 3.07. The smallest absolute Gasteiger partial charge is 0.339 e. The van der Waals surface area contributed by atoms with Crippen LogP contribution in [0.1, 0.15) is 10.4 Å². The van der Waals surface area contributed by atoms with Crippen LogP contribution in [0.2, 0.25) is 0 Å². The third kappa shape index (κ3) is 2.23. The highest BCUT2D eigenvalue weighted by molar-refractivity contribution is 5.99. The van der Waals surface area contributed by atoms with Gasteiger partial charge in [-0.05, 0) is 42.5 Å². The van der Waals surface area contributed by atoms with Gasteiger partial charge in [0, 0.05) is 10.9 Å². The summed E-state index contributed by atoms with van der Waals surface area (Å²) in [7, 11) is 0. The lowest BCUT2D eigenvalue weighted by Gasteiger charge is -2.10. The van der Waals surface area contributed by atoms with E-state index in [-0.39, 0.29) is 11.3 Å². The number of fused-ring (bicyclic) bond motifs is 5. The summed E-state index contributed by atoms with van der Waals surface area (Å²) in [6.07, 6.45) is 0. The van der Waals surface area contributed by atoms with E-state index >= 15 is 0 Å². The molecule has 2 N–H and O–H groups in total. The quantitative estimate of drug-likeness (QED) is 0.498. The van der Waals surface area contributed by atoms with Crippen molar-refractivity contribution >= 4 is 33.6 Å². The van der Waals surface area contributed by atoms with Gasteiger partial charge in [-0.1, -0.05) is 24.3 Å². The molecule has 130 valence electrons. The Bertz CT molecular complexity index is 1370. The number of benzene rings is 3. The fourth-order valence-corrected chi connectivity index (χ4v) is 3.39. The van der Waals surface area contributed by atoms with E-state index < -0.39 is 5.97 Å². The molecule has 0 saturated carbocycles. The van der Waals surface area contributed by atoms with Gasteiger partial charge in [-0.25, -0.2) is 14.8 Å². The third-order valence-corrected chi connectivity index (χ3v) is 4.63. The molecule has 0 aliphatic heterocycles. The van der Waals surface area contributed by atoms with Gasteiger partial charge >= 0.3 is 5.97 Å². The lowest BCUT2D eigenvalue weighted by Crippen LogP contribution is -2.01. The van der Waals surface area contributed by atoms with Crippen molar-refractivity contribution in [2.75, 3.05) is 0 Å². The first-order valence-corrected chi connectivity index (χ1v) is 8.36. The number of carbonyl (C=O) groups is 1. The Morgan fingerprint density at radius 1 is 0.889 bits per heavy atom. The van der Waals surface area contributed by atoms with Crippen LogP contribution < -0.4 is 0 Å². The molecule has 6 nitrogen and oxygen atoms in total. The Hall–Kier alpha value is -3.93. The van der Waals surface area contributed by atoms with Gasteiger partial charge in [0.15, 0.2) is 0 Å². The van der Waals surface area contributed by atoms with E-state index in [0.717, 1.165) is 27.6 Å². The van der Waals surface area contributed by atoms with Crippen molar-refractivity contribution in [1.82, 2.24) is 14.4 Å². The minimum Gasteiger partial charge on any atom is -0.507 e. The van der Waals surface area contributed by atoms with Gasteiger partial charge in [0.05, 0.1) is 16.6 Å². The fraction of sp³-hybridized carbons (Fsp3) is 0. The van der Waals surface area contributed by atoms with Gasteiger partial charge in [0.1, 0.15) is 22.8 Å². The summed E-state index contributed by atoms with van der Waals surface area (Å²) < 4.78 is 1.93. The predicted molar refractivity (Wildman–Crippen MR) is 102 cm³/mol. The van der Waals surface area contributed by atoms with E-state index in [1.165, 1.54) is 12.1 Å². The van der Waals surface area contributed by atoms with E-state index in [0.29, 0.717) is 11.4 Å². The molecule has 0 unspecified atom stereocenters. The molecule has 0 fully saturated rings. The SMILES string of the molecule is O=C(O)c1cc(-c2nc3ccccc3c3nc4ccccc4n23)ccc1O. The number of hydrogen-bond donors (Lipinski definition) is 2. The summed E-state index contributed by atoms with van der Waals surface area (Å²) in [5.41, 5.74) is 3.64. The summed E-state index contributed by atoms with van der Waals surface area (Å²) in [5.74, 6) is -0.902. The molecule has 0 aliphatic rings. The van der Waals surface area contributed by atoms with E-state index in [1.54, 1.807) is 6.07 Å². The minimum atomic E-state index is -1.19. The van der Waals surface area contributed by atoms with Gasteiger partial charge in [-0.2, -0.15) is 0 Å². The van der Waals surface area contributed by atoms with Crippen molar-refractivity contribution in [1.29, 1.82) is 0 Å². The molecule has 3 aromatic carbocycles. The maximum absolute atomic E-state index is 11.4. The molecule has 0 radical (unpaired) electrons. The highest BCUT2D eigenvalue weighted by Crippen LogP contribution is 2.31. The molecule has 0 aliphatic carbocycles. The molecule has 5 aromatic rings. The summed E-state index contributed by atoms with van der Waals surface area (Å²) in [6.45, 7) is 0. The van der Waals surface area contributed by atoms with Crippen LogP contribution >= 0.6 is 0 Å². The molecule has 0 atom stereocenters. The number of aromatic nitrogens is 3. The summed E-state index contributed by atoms with van der Waals surface area (Å²) >= 11 is 0. The van der Waals surface area contributed by atoms with Crippen LogP contribution in [0.3, 0.4) is 0 Å². The Labute approximate surface area is 153 Å². The number of imidazole rings is 1. The van der Waals surface area contributed by atoms with Crippen molar-refractivity contribution in [2.45, 2.75) is 0 Å². The molecular formula is C21H13N3O3. The van der Waals surface area contributed by atoms with Crippen LogP contribution in [-0.4, -0.2) is 30.6 Å². The van der Waals surface area contributed by atoms with Gasteiger partial charge < -0.3 is 10.2 Å². The number of aromatic hydroxyl groups is 1. The molecule has 0 amide bonds. The van der Waals surface area contributed by atoms with Crippen molar-refractivity contribution < 1.29 is 15.0 Å². The molecule has 0 bridgehead atoms. The van der Waals surface area contributed by atoms with Gasteiger partial charge in [0.25, 0.3) is 0 Å². The van der Waals surface area contributed by atoms with E-state index in [4.69, 9.17) is 9.97 Å². The van der Waals surface area contributed by atoms with Crippen molar-refractivity contribution in [2.24, 2.45) is 0 Å². The maximum Gasteiger partial charge on any atom is 0.339 e. The molecule has 2 aromatic heterocycles. The molecule has 0 spiro atoms. The molecule has 2 heterocycles. The summed E-state index contributed by atoms with van der Waals surface area (Å²) in [4.78, 5) is 21.0. The normalized spacial score (nSPS) is 11.4. The number of nitrogens with zero attached hydrogens (tertiary/aromatic N) is 3. The Kier molecular flexibility index (Phi) is 3.14. The Morgan fingerprint density at radius 3 is 2.44 bits per heavy atom. The van der Waals surface area contributed by atoms with Crippen molar-refractivity contribution in [3.63, 3.8) is 0 Å². The Balaban J connectivity index is 1.96. The Morgan fingerprint density at radius 2 is 1.63 bits per heavy atom. The number of aromatic carboxylic acids is 1. The van der Waals surface area contributed by atoms with Crippen molar-refractivity contribution in [3.8, 4) is 17.1 Å². The predicted octanol–water partition coefficient (Wildman–Crippen LogP) is 4.11. The minimum absolute atomic E-state index is 0.167. The topological polar surface area (TPSA) is 87.7 Å².